The molecule has 13 aromatic carbocycles. The van der Waals surface area contributed by atoms with E-state index in [0.717, 1.165) is 77.3 Å². The summed E-state index contributed by atoms with van der Waals surface area (Å²) in [5.41, 5.74) is 18.9. The first kappa shape index (κ1) is 47.6. The van der Waals surface area contributed by atoms with Gasteiger partial charge in [-0.2, -0.15) is 0 Å². The Morgan fingerprint density at radius 2 is 0.560 bits per heavy atom. The Balaban J connectivity index is 0.685. The largest absolute Gasteiger partial charge is 0.256 e. The van der Waals surface area contributed by atoms with Crippen LogP contribution < -0.4 is 0 Å². The molecule has 4 nitrogen and oxygen atoms in total. The Kier molecular flexibility index (Phi) is 10.9. The Morgan fingerprint density at radius 3 is 1.13 bits per heavy atom. The van der Waals surface area contributed by atoms with Gasteiger partial charge in [-0.15, -0.1) is 0 Å². The third kappa shape index (κ3) is 8.07. The standard InChI is InChI=1S/C80H48N4/c1-2-16-66-65(15-1)73-42-56(52-11-5-9-50(37-52)54-25-31-77-61(39-54)14-8-34-81-77)21-27-69(73)70-28-22-57(43-74(66)70)53-12-6-10-51(38-53)55-26-32-78-63(40-55)41-64(48-84-78)58-23-29-71-72-30-24-62(45-76(72)68-18-4-3-17-67(68)75(71)44-58)80-47-60(33-36-83-80)59-20-19-49-13-7-35-82-79(49)46-59/h1-48H. The molecule has 388 valence electrons. The molecule has 0 saturated heterocycles. The van der Waals surface area contributed by atoms with E-state index in [1.165, 1.54) is 98.0 Å². The first-order chi connectivity index (χ1) is 41.6. The van der Waals surface area contributed by atoms with Crippen LogP contribution in [-0.2, 0) is 0 Å². The van der Waals surface area contributed by atoms with Crippen LogP contribution in [0.4, 0.5) is 0 Å². The van der Waals surface area contributed by atoms with E-state index in [4.69, 9.17) is 9.97 Å². The molecule has 17 aromatic rings. The summed E-state index contributed by atoms with van der Waals surface area (Å²) >= 11 is 0. The lowest BCUT2D eigenvalue weighted by Crippen LogP contribution is -1.89. The van der Waals surface area contributed by atoms with E-state index >= 15 is 0 Å². The molecular formula is C80H48N4. The van der Waals surface area contributed by atoms with Crippen LogP contribution in [0.15, 0.2) is 292 Å². The highest BCUT2D eigenvalue weighted by atomic mass is 14.7. The molecule has 0 aliphatic heterocycles. The SMILES string of the molecule is c1cc(-c2ccc3ncccc3c2)cc(-c2ccc3c4ccc(-c5cccc(-c6ccc7ncc(-c8ccc9c%10ccc(-c%11cc(-c%12ccc%13cccnc%13c%12)ccn%11)cc%10c%10ccccc%10c9c8)cc7c6)c5)cc4c4ccccc4c3c2)c1. The molecule has 0 bridgehead atoms. The molecule has 0 aliphatic carbocycles. The van der Waals surface area contributed by atoms with Crippen molar-refractivity contribution in [2.75, 3.05) is 0 Å². The summed E-state index contributed by atoms with van der Waals surface area (Å²) in [6.45, 7) is 0. The number of fused-ring (bicyclic) bond motifs is 15. The van der Waals surface area contributed by atoms with E-state index in [9.17, 15) is 0 Å². The second-order valence-electron chi connectivity index (χ2n) is 22.2. The van der Waals surface area contributed by atoms with Gasteiger partial charge in [0.1, 0.15) is 0 Å². The molecule has 0 N–H and O–H groups in total. The first-order valence-electron chi connectivity index (χ1n) is 28.6. The van der Waals surface area contributed by atoms with Crippen LogP contribution in [0.2, 0.25) is 0 Å². The third-order valence-electron chi connectivity index (χ3n) is 17.3. The van der Waals surface area contributed by atoms with Crippen molar-refractivity contribution in [2.24, 2.45) is 0 Å². The number of hydrogen-bond donors (Lipinski definition) is 0. The van der Waals surface area contributed by atoms with Crippen molar-refractivity contribution in [1.82, 2.24) is 19.9 Å². The van der Waals surface area contributed by atoms with Gasteiger partial charge in [-0.05, 0) is 223 Å². The van der Waals surface area contributed by atoms with Gasteiger partial charge in [-0.25, -0.2) is 0 Å². The Morgan fingerprint density at radius 1 is 0.167 bits per heavy atom. The molecule has 0 saturated carbocycles. The van der Waals surface area contributed by atoms with Crippen molar-refractivity contribution < 1.29 is 0 Å². The van der Waals surface area contributed by atoms with Crippen molar-refractivity contribution in [1.29, 1.82) is 0 Å². The van der Waals surface area contributed by atoms with Crippen LogP contribution in [0.1, 0.15) is 0 Å². The van der Waals surface area contributed by atoms with Gasteiger partial charge in [0, 0.05) is 52.1 Å². The predicted molar refractivity (Wildman–Crippen MR) is 353 cm³/mol. The third-order valence-corrected chi connectivity index (χ3v) is 17.3. The highest BCUT2D eigenvalue weighted by molar-refractivity contribution is 6.27. The first-order valence-corrected chi connectivity index (χ1v) is 28.6. The number of benzene rings is 13. The zero-order chi connectivity index (χ0) is 55.2. The maximum atomic E-state index is 5.03. The van der Waals surface area contributed by atoms with Gasteiger partial charge in [0.05, 0.1) is 22.2 Å². The van der Waals surface area contributed by atoms with Crippen LogP contribution in [0.5, 0.6) is 0 Å². The van der Waals surface area contributed by atoms with Crippen LogP contribution in [0.25, 0.3) is 175 Å². The van der Waals surface area contributed by atoms with Crippen molar-refractivity contribution >= 4 is 97.3 Å². The van der Waals surface area contributed by atoms with Crippen molar-refractivity contribution in [3.05, 3.63) is 292 Å². The Labute approximate surface area is 484 Å². The van der Waals surface area contributed by atoms with Crippen LogP contribution in [0.3, 0.4) is 0 Å². The summed E-state index contributed by atoms with van der Waals surface area (Å²) in [4.78, 5) is 19.1. The minimum atomic E-state index is 0.938. The number of aromatic nitrogens is 4. The normalized spacial score (nSPS) is 11.8. The quantitative estimate of drug-likeness (QED) is 0.149. The number of nitrogens with zero attached hydrogens (tertiary/aromatic N) is 4. The molecule has 0 radical (unpaired) electrons. The van der Waals surface area contributed by atoms with Gasteiger partial charge in [0.2, 0.25) is 0 Å². The minimum absolute atomic E-state index is 0.938. The number of rotatable bonds is 7. The topological polar surface area (TPSA) is 51.6 Å². The molecule has 4 aromatic heterocycles. The molecule has 4 heteroatoms. The molecule has 0 amide bonds. The summed E-state index contributed by atoms with van der Waals surface area (Å²) in [7, 11) is 0. The van der Waals surface area contributed by atoms with Crippen molar-refractivity contribution in [3.63, 3.8) is 0 Å². The van der Waals surface area contributed by atoms with E-state index in [1.54, 1.807) is 0 Å². The molecule has 0 unspecified atom stereocenters. The average molecular weight is 1070 g/mol. The lowest BCUT2D eigenvalue weighted by Gasteiger charge is -2.14. The lowest BCUT2D eigenvalue weighted by molar-refractivity contribution is 1.33. The summed E-state index contributed by atoms with van der Waals surface area (Å²) in [5.74, 6) is 0. The van der Waals surface area contributed by atoms with Gasteiger partial charge < -0.3 is 0 Å². The smallest absolute Gasteiger partial charge is 0.0708 e. The van der Waals surface area contributed by atoms with E-state index in [0.29, 0.717) is 0 Å². The lowest BCUT2D eigenvalue weighted by atomic mass is 9.89. The molecule has 4 heterocycles. The monoisotopic (exact) mass is 1060 g/mol. The molecule has 0 spiro atoms. The summed E-state index contributed by atoms with van der Waals surface area (Å²) in [5, 5.41) is 18.2. The molecule has 17 rings (SSSR count). The van der Waals surface area contributed by atoms with Crippen molar-refractivity contribution in [3.8, 4) is 78.0 Å². The molecule has 0 fully saturated rings. The summed E-state index contributed by atoms with van der Waals surface area (Å²) < 4.78 is 0. The second-order valence-corrected chi connectivity index (χ2v) is 22.2. The summed E-state index contributed by atoms with van der Waals surface area (Å²) in [6.07, 6.45) is 7.63. The highest BCUT2D eigenvalue weighted by Crippen LogP contribution is 2.43. The number of hydrogen-bond acceptors (Lipinski definition) is 4. The highest BCUT2D eigenvalue weighted by Gasteiger charge is 2.16. The number of pyridine rings is 4. The minimum Gasteiger partial charge on any atom is -0.256 e. The summed E-state index contributed by atoms with van der Waals surface area (Å²) in [6, 6.07) is 97.6. The maximum Gasteiger partial charge on any atom is 0.0708 e. The fourth-order valence-corrected chi connectivity index (χ4v) is 13.1. The second kappa shape index (κ2) is 19.2. The fourth-order valence-electron chi connectivity index (χ4n) is 13.1. The van der Waals surface area contributed by atoms with E-state index in [1.807, 2.05) is 36.9 Å². The zero-order valence-corrected chi connectivity index (χ0v) is 45.5. The van der Waals surface area contributed by atoms with E-state index < -0.39 is 0 Å². The Bertz CT molecular complexity index is 5550. The average Bonchev–Trinajstić information content (AvgIpc) is 2.84. The van der Waals surface area contributed by atoms with Crippen molar-refractivity contribution in [2.45, 2.75) is 0 Å². The molecular weight excluding hydrogens is 1020 g/mol. The molecule has 0 atom stereocenters. The van der Waals surface area contributed by atoms with E-state index in [-0.39, 0.29) is 0 Å². The zero-order valence-electron chi connectivity index (χ0n) is 45.5. The maximum absolute atomic E-state index is 5.03. The fraction of sp³-hybridized carbons (Fsp3) is 0. The van der Waals surface area contributed by atoms with E-state index in [2.05, 4.69) is 265 Å². The van der Waals surface area contributed by atoms with Crippen LogP contribution >= 0.6 is 0 Å². The molecule has 84 heavy (non-hydrogen) atoms. The van der Waals surface area contributed by atoms with Gasteiger partial charge in [0.15, 0.2) is 0 Å². The predicted octanol–water partition coefficient (Wildman–Crippen LogP) is 21.3. The van der Waals surface area contributed by atoms with Crippen LogP contribution in [-0.4, -0.2) is 19.9 Å². The van der Waals surface area contributed by atoms with Crippen LogP contribution in [0, 0.1) is 0 Å². The van der Waals surface area contributed by atoms with Gasteiger partial charge in [0.25, 0.3) is 0 Å². The van der Waals surface area contributed by atoms with Gasteiger partial charge in [-0.1, -0.05) is 170 Å². The van der Waals surface area contributed by atoms with Gasteiger partial charge >= 0.3 is 0 Å². The van der Waals surface area contributed by atoms with Gasteiger partial charge in [-0.3, -0.25) is 19.9 Å². The molecule has 0 aliphatic rings. The Hall–Kier alpha value is -11.2.